The van der Waals surface area contributed by atoms with E-state index in [4.69, 9.17) is 0 Å². The van der Waals surface area contributed by atoms with Gasteiger partial charge in [0.25, 0.3) is 0 Å². The molecule has 0 aromatic carbocycles. The van der Waals surface area contributed by atoms with Gasteiger partial charge < -0.3 is 5.11 Å². The van der Waals surface area contributed by atoms with Gasteiger partial charge in [-0.1, -0.05) is 52.2 Å². The Morgan fingerprint density at radius 2 is 1.86 bits per heavy atom. The van der Waals surface area contributed by atoms with Gasteiger partial charge in [-0.15, -0.1) is 0 Å². The molecule has 0 aromatic rings. The van der Waals surface area contributed by atoms with Gasteiger partial charge >= 0.3 is 0 Å². The highest BCUT2D eigenvalue weighted by atomic mass is 32.1. The lowest BCUT2D eigenvalue weighted by Gasteiger charge is -2.58. The van der Waals surface area contributed by atoms with E-state index in [0.29, 0.717) is 16.1 Å². The minimum absolute atomic E-state index is 0.0820. The van der Waals surface area contributed by atoms with Crippen LogP contribution in [0, 0.1) is 40.4 Å². The molecule has 2 heteroatoms. The molecule has 0 bridgehead atoms. The number of fused-ring (bicyclic) bond motifs is 5. The Bertz CT molecular complexity index is 597. The Morgan fingerprint density at radius 3 is 2.61 bits per heavy atom. The molecule has 0 spiro atoms. The molecule has 28 heavy (non-hydrogen) atoms. The van der Waals surface area contributed by atoms with Crippen molar-refractivity contribution in [1.82, 2.24) is 0 Å². The Labute approximate surface area is 179 Å². The predicted octanol–water partition coefficient (Wildman–Crippen LogP) is 7.05. The van der Waals surface area contributed by atoms with E-state index in [2.05, 4.69) is 46.4 Å². The first-order valence-corrected chi connectivity index (χ1v) is 12.8. The molecule has 1 nitrogen and oxygen atoms in total. The molecule has 3 fully saturated rings. The summed E-state index contributed by atoms with van der Waals surface area (Å²) in [6, 6.07) is 0. The minimum atomic E-state index is -0.0820. The molecule has 0 saturated heterocycles. The molecule has 4 aliphatic rings. The lowest BCUT2D eigenvalue weighted by atomic mass is 9.47. The van der Waals surface area contributed by atoms with Crippen LogP contribution in [0.5, 0.6) is 0 Å². The third-order valence-electron chi connectivity index (χ3n) is 10.1. The Kier molecular flexibility index (Phi) is 6.04. The second-order valence-corrected chi connectivity index (χ2v) is 12.5. The normalized spacial score (nSPS) is 47.5. The number of aliphatic hydroxyl groups excluding tert-OH is 1. The lowest BCUT2D eigenvalue weighted by molar-refractivity contribution is -0.0572. The molecule has 1 N–H and O–H groups in total. The fourth-order valence-corrected chi connectivity index (χ4v) is 8.74. The van der Waals surface area contributed by atoms with E-state index in [0.717, 1.165) is 42.4 Å². The molecule has 2 unspecified atom stereocenters. The van der Waals surface area contributed by atoms with Crippen molar-refractivity contribution in [3.05, 3.63) is 11.6 Å². The zero-order valence-corrected chi connectivity index (χ0v) is 19.7. The van der Waals surface area contributed by atoms with E-state index in [1.54, 1.807) is 5.57 Å². The van der Waals surface area contributed by atoms with E-state index in [1.165, 1.54) is 57.8 Å². The van der Waals surface area contributed by atoms with Gasteiger partial charge in [0.2, 0.25) is 0 Å². The molecular formula is C26H44OS. The number of thiol groups is 1. The quantitative estimate of drug-likeness (QED) is 0.371. The zero-order chi connectivity index (χ0) is 20.1. The summed E-state index contributed by atoms with van der Waals surface area (Å²) in [6.45, 7) is 10.0. The number of hydrogen-bond acceptors (Lipinski definition) is 2. The molecule has 4 aliphatic carbocycles. The largest absolute Gasteiger partial charge is 0.393 e. The van der Waals surface area contributed by atoms with E-state index in [1.807, 2.05) is 0 Å². The summed E-state index contributed by atoms with van der Waals surface area (Å²) < 4.78 is 0. The van der Waals surface area contributed by atoms with Crippen LogP contribution in [0.3, 0.4) is 0 Å². The van der Waals surface area contributed by atoms with Crippen LogP contribution >= 0.6 is 12.6 Å². The first-order chi connectivity index (χ1) is 13.3. The predicted molar refractivity (Wildman–Crippen MR) is 123 cm³/mol. The SMILES string of the molecule is CC(S)CCC[C@@H](C)[C@H]1CC[C@H]2[C@@H]3CC=C4CC(O)CC[C@]4(C)[C@H]3CC[C@]12C. The highest BCUT2D eigenvalue weighted by molar-refractivity contribution is 7.80. The van der Waals surface area contributed by atoms with Crippen LogP contribution in [-0.4, -0.2) is 16.5 Å². The molecule has 160 valence electrons. The van der Waals surface area contributed by atoms with Crippen LogP contribution in [0.25, 0.3) is 0 Å². The maximum atomic E-state index is 10.2. The van der Waals surface area contributed by atoms with Crippen molar-refractivity contribution in [2.24, 2.45) is 40.4 Å². The smallest absolute Gasteiger partial charge is 0.0577 e. The van der Waals surface area contributed by atoms with Crippen LogP contribution in [-0.2, 0) is 0 Å². The summed E-state index contributed by atoms with van der Waals surface area (Å²) in [5.74, 6) is 4.51. The third kappa shape index (κ3) is 3.53. The number of hydrogen-bond donors (Lipinski definition) is 2. The van der Waals surface area contributed by atoms with Crippen LogP contribution in [0.2, 0.25) is 0 Å². The van der Waals surface area contributed by atoms with E-state index in [-0.39, 0.29) is 6.10 Å². The molecule has 4 rings (SSSR count). The second kappa shape index (κ2) is 7.95. The van der Waals surface area contributed by atoms with Gasteiger partial charge in [0.15, 0.2) is 0 Å². The standard InChI is InChI=1S/C26H44OS/c1-17(6-5-7-18(2)28)22-10-11-23-21-9-8-19-16-20(27)12-14-25(19,3)24(21)13-15-26(22,23)4/h8,17-18,20-24,27-28H,5-7,9-16H2,1-4H3/t17-,18?,20?,21+,22-,23+,24+,25+,26-/m1/s1. The Morgan fingerprint density at radius 1 is 1.07 bits per heavy atom. The summed E-state index contributed by atoms with van der Waals surface area (Å²) in [6.07, 6.45) is 16.8. The Balaban J connectivity index is 1.49. The average molecular weight is 405 g/mol. The number of allylic oxidation sites excluding steroid dienone is 1. The van der Waals surface area contributed by atoms with Gasteiger partial charge in [0.1, 0.15) is 0 Å². The molecule has 0 amide bonds. The van der Waals surface area contributed by atoms with E-state index < -0.39 is 0 Å². The fourth-order valence-electron chi connectivity index (χ4n) is 8.55. The van der Waals surface area contributed by atoms with Crippen molar-refractivity contribution in [3.63, 3.8) is 0 Å². The highest BCUT2D eigenvalue weighted by Crippen LogP contribution is 2.67. The van der Waals surface area contributed by atoms with Crippen molar-refractivity contribution >= 4 is 12.6 Å². The van der Waals surface area contributed by atoms with Crippen molar-refractivity contribution in [3.8, 4) is 0 Å². The van der Waals surface area contributed by atoms with Gasteiger partial charge in [-0.05, 0) is 103 Å². The summed E-state index contributed by atoms with van der Waals surface area (Å²) >= 11 is 4.58. The zero-order valence-electron chi connectivity index (χ0n) is 18.8. The Hall–Kier alpha value is 0.0500. The second-order valence-electron chi connectivity index (χ2n) is 11.6. The van der Waals surface area contributed by atoms with Gasteiger partial charge in [-0.2, -0.15) is 12.6 Å². The van der Waals surface area contributed by atoms with Crippen LogP contribution in [0.1, 0.15) is 98.3 Å². The van der Waals surface area contributed by atoms with Crippen LogP contribution < -0.4 is 0 Å². The van der Waals surface area contributed by atoms with E-state index >= 15 is 0 Å². The van der Waals surface area contributed by atoms with Gasteiger partial charge in [0.05, 0.1) is 6.10 Å². The monoisotopic (exact) mass is 404 g/mol. The molecule has 9 atom stereocenters. The molecule has 0 aliphatic heterocycles. The fraction of sp³-hybridized carbons (Fsp3) is 0.923. The van der Waals surface area contributed by atoms with Crippen LogP contribution in [0.4, 0.5) is 0 Å². The molecule has 0 aromatic heterocycles. The van der Waals surface area contributed by atoms with Gasteiger partial charge in [0, 0.05) is 0 Å². The minimum Gasteiger partial charge on any atom is -0.393 e. The van der Waals surface area contributed by atoms with Crippen molar-refractivity contribution in [2.75, 3.05) is 0 Å². The maximum absolute atomic E-state index is 10.2. The third-order valence-corrected chi connectivity index (χ3v) is 10.4. The van der Waals surface area contributed by atoms with E-state index in [9.17, 15) is 5.11 Å². The van der Waals surface area contributed by atoms with Crippen molar-refractivity contribution < 1.29 is 5.11 Å². The van der Waals surface area contributed by atoms with Crippen LogP contribution in [0.15, 0.2) is 11.6 Å². The number of aliphatic hydroxyl groups is 1. The number of rotatable bonds is 5. The molecule has 0 radical (unpaired) electrons. The van der Waals surface area contributed by atoms with Gasteiger partial charge in [-0.3, -0.25) is 0 Å². The lowest BCUT2D eigenvalue weighted by Crippen LogP contribution is -2.50. The van der Waals surface area contributed by atoms with Crippen molar-refractivity contribution in [1.29, 1.82) is 0 Å². The molecular weight excluding hydrogens is 360 g/mol. The summed E-state index contributed by atoms with van der Waals surface area (Å²) in [4.78, 5) is 0. The first kappa shape index (κ1) is 21.3. The topological polar surface area (TPSA) is 20.2 Å². The molecule has 3 saturated carbocycles. The summed E-state index contributed by atoms with van der Waals surface area (Å²) in [7, 11) is 0. The average Bonchev–Trinajstić information content (AvgIpc) is 2.99. The van der Waals surface area contributed by atoms with Crippen molar-refractivity contribution in [2.45, 2.75) is 110 Å². The first-order valence-electron chi connectivity index (χ1n) is 12.3. The summed E-state index contributed by atoms with van der Waals surface area (Å²) in [5, 5.41) is 10.8. The highest BCUT2D eigenvalue weighted by Gasteiger charge is 2.59. The molecule has 0 heterocycles. The maximum Gasteiger partial charge on any atom is 0.0577 e. The summed E-state index contributed by atoms with van der Waals surface area (Å²) in [5.41, 5.74) is 2.57. The van der Waals surface area contributed by atoms with Gasteiger partial charge in [-0.25, -0.2) is 0 Å².